The number of alkyl halides is 1. The molecule has 1 aromatic carbocycles. The van der Waals surface area contributed by atoms with Crippen molar-refractivity contribution >= 4 is 33.4 Å². The second kappa shape index (κ2) is 6.23. The van der Waals surface area contributed by atoms with Crippen molar-refractivity contribution in [2.75, 3.05) is 7.05 Å². The molecular formula is C14H16BrClFNO. The summed E-state index contributed by atoms with van der Waals surface area (Å²) in [5.41, 5.74) is 0.344. The second-order valence-corrected chi connectivity index (χ2v) is 6.32. The van der Waals surface area contributed by atoms with E-state index >= 15 is 0 Å². The topological polar surface area (TPSA) is 20.3 Å². The number of carbonyl (C=O) groups excluding carboxylic acids is 1. The Balaban J connectivity index is 2.20. The minimum absolute atomic E-state index is 0.0185. The maximum atomic E-state index is 13.3. The lowest BCUT2D eigenvalue weighted by molar-refractivity contribution is 0.0699. The minimum atomic E-state index is -0.411. The van der Waals surface area contributed by atoms with Gasteiger partial charge in [0.15, 0.2) is 0 Å². The lowest BCUT2D eigenvalue weighted by atomic mass is 9.93. The molecule has 19 heavy (non-hydrogen) atoms. The third-order valence-electron chi connectivity index (χ3n) is 3.62. The second-order valence-electron chi connectivity index (χ2n) is 4.91. The van der Waals surface area contributed by atoms with Crippen LogP contribution in [0.3, 0.4) is 0 Å². The highest BCUT2D eigenvalue weighted by molar-refractivity contribution is 9.10. The average Bonchev–Trinajstić information content (AvgIpc) is 2.40. The van der Waals surface area contributed by atoms with E-state index in [0.717, 1.165) is 25.7 Å². The van der Waals surface area contributed by atoms with Gasteiger partial charge in [-0.25, -0.2) is 4.39 Å². The van der Waals surface area contributed by atoms with Gasteiger partial charge in [-0.05, 0) is 47.0 Å². The van der Waals surface area contributed by atoms with Crippen LogP contribution in [0, 0.1) is 5.82 Å². The summed E-state index contributed by atoms with van der Waals surface area (Å²) in [6.45, 7) is 0. The fraction of sp³-hybridized carbons (Fsp3) is 0.500. The first kappa shape index (κ1) is 14.8. The van der Waals surface area contributed by atoms with Crippen LogP contribution in [-0.2, 0) is 0 Å². The number of hydrogen-bond acceptors (Lipinski definition) is 1. The average molecular weight is 349 g/mol. The first-order valence-corrected chi connectivity index (χ1v) is 7.60. The number of benzene rings is 1. The van der Waals surface area contributed by atoms with Crippen LogP contribution in [0.25, 0.3) is 0 Å². The summed E-state index contributed by atoms with van der Waals surface area (Å²) >= 11 is 9.59. The first-order chi connectivity index (χ1) is 9.00. The van der Waals surface area contributed by atoms with Crippen LogP contribution in [0.1, 0.15) is 36.0 Å². The smallest absolute Gasteiger partial charge is 0.255 e. The van der Waals surface area contributed by atoms with Gasteiger partial charge in [-0.3, -0.25) is 4.79 Å². The third-order valence-corrected chi connectivity index (χ3v) is 4.82. The summed E-state index contributed by atoms with van der Waals surface area (Å²) in [5.74, 6) is -0.602. The number of nitrogens with zero attached hydrogens (tertiary/aromatic N) is 1. The molecule has 0 heterocycles. The molecule has 1 aromatic rings. The van der Waals surface area contributed by atoms with Crippen LogP contribution >= 0.6 is 27.5 Å². The molecule has 0 aromatic heterocycles. The molecule has 2 rings (SSSR count). The van der Waals surface area contributed by atoms with Gasteiger partial charge in [-0.1, -0.05) is 12.8 Å². The third kappa shape index (κ3) is 3.29. The molecule has 0 N–H and O–H groups in total. The Kier molecular flexibility index (Phi) is 4.85. The van der Waals surface area contributed by atoms with Crippen LogP contribution in [0.2, 0.25) is 0 Å². The van der Waals surface area contributed by atoms with Crippen molar-refractivity contribution in [2.24, 2.45) is 0 Å². The summed E-state index contributed by atoms with van der Waals surface area (Å²) in [7, 11) is 1.74. The quantitative estimate of drug-likeness (QED) is 0.733. The molecule has 1 saturated carbocycles. The van der Waals surface area contributed by atoms with E-state index in [1.807, 2.05) is 0 Å². The van der Waals surface area contributed by atoms with E-state index in [4.69, 9.17) is 11.6 Å². The Bertz CT molecular complexity index is 483. The predicted molar refractivity (Wildman–Crippen MR) is 78.1 cm³/mol. The molecular weight excluding hydrogens is 333 g/mol. The fourth-order valence-electron chi connectivity index (χ4n) is 2.50. The van der Waals surface area contributed by atoms with E-state index in [1.165, 1.54) is 12.1 Å². The van der Waals surface area contributed by atoms with E-state index in [-0.39, 0.29) is 17.3 Å². The van der Waals surface area contributed by atoms with Crippen molar-refractivity contribution in [3.05, 3.63) is 34.1 Å². The highest BCUT2D eigenvalue weighted by atomic mass is 79.9. The van der Waals surface area contributed by atoms with E-state index < -0.39 is 5.82 Å². The number of amides is 1. The maximum Gasteiger partial charge on any atom is 0.255 e. The molecule has 1 fully saturated rings. The van der Waals surface area contributed by atoms with Gasteiger partial charge in [0.2, 0.25) is 0 Å². The van der Waals surface area contributed by atoms with E-state index in [9.17, 15) is 9.18 Å². The molecule has 0 aliphatic heterocycles. The normalized spacial score (nSPS) is 23.2. The summed E-state index contributed by atoms with van der Waals surface area (Å²) in [6, 6.07) is 4.16. The van der Waals surface area contributed by atoms with E-state index in [2.05, 4.69) is 15.9 Å². The van der Waals surface area contributed by atoms with Crippen molar-refractivity contribution < 1.29 is 9.18 Å². The van der Waals surface area contributed by atoms with Crippen LogP contribution < -0.4 is 0 Å². The summed E-state index contributed by atoms with van der Waals surface area (Å²) in [6.07, 6.45) is 4.02. The first-order valence-electron chi connectivity index (χ1n) is 6.37. The van der Waals surface area contributed by atoms with E-state index in [0.29, 0.717) is 10.0 Å². The molecule has 0 radical (unpaired) electrons. The number of hydrogen-bond donors (Lipinski definition) is 0. The Morgan fingerprint density at radius 2 is 2.11 bits per heavy atom. The monoisotopic (exact) mass is 347 g/mol. The van der Waals surface area contributed by atoms with Crippen molar-refractivity contribution in [1.29, 1.82) is 0 Å². The van der Waals surface area contributed by atoms with Gasteiger partial charge in [0, 0.05) is 17.6 Å². The highest BCUT2D eigenvalue weighted by Crippen LogP contribution is 2.28. The molecule has 2 atom stereocenters. The number of halogens is 3. The number of carbonyl (C=O) groups is 1. The summed E-state index contributed by atoms with van der Waals surface area (Å²) in [5, 5.41) is -0.0185. The number of rotatable bonds is 2. The van der Waals surface area contributed by atoms with Crippen molar-refractivity contribution in [1.82, 2.24) is 4.90 Å². The molecule has 104 valence electrons. The van der Waals surface area contributed by atoms with Crippen LogP contribution in [0.4, 0.5) is 4.39 Å². The Morgan fingerprint density at radius 3 is 2.79 bits per heavy atom. The van der Waals surface area contributed by atoms with Crippen molar-refractivity contribution in [2.45, 2.75) is 37.1 Å². The molecule has 5 heteroatoms. The Hall–Kier alpha value is -0.610. The molecule has 1 amide bonds. The van der Waals surface area contributed by atoms with Crippen molar-refractivity contribution in [3.8, 4) is 0 Å². The predicted octanol–water partition coefficient (Wildman–Crippen LogP) is 4.21. The zero-order valence-electron chi connectivity index (χ0n) is 10.7. The van der Waals surface area contributed by atoms with Crippen molar-refractivity contribution in [3.63, 3.8) is 0 Å². The fourth-order valence-corrected chi connectivity index (χ4v) is 3.37. The largest absolute Gasteiger partial charge is 0.337 e. The van der Waals surface area contributed by atoms with Gasteiger partial charge in [0.25, 0.3) is 5.91 Å². The molecule has 2 nitrogen and oxygen atoms in total. The summed E-state index contributed by atoms with van der Waals surface area (Å²) < 4.78 is 13.9. The lowest BCUT2D eigenvalue weighted by Gasteiger charge is -2.35. The lowest BCUT2D eigenvalue weighted by Crippen LogP contribution is -2.44. The van der Waals surface area contributed by atoms with Gasteiger partial charge >= 0.3 is 0 Å². The van der Waals surface area contributed by atoms with Gasteiger partial charge in [0.05, 0.1) is 10.9 Å². The van der Waals surface area contributed by atoms with Crippen LogP contribution in [0.5, 0.6) is 0 Å². The summed E-state index contributed by atoms with van der Waals surface area (Å²) in [4.78, 5) is 14.1. The van der Waals surface area contributed by atoms with Gasteiger partial charge in [0.1, 0.15) is 5.82 Å². The minimum Gasteiger partial charge on any atom is -0.337 e. The van der Waals surface area contributed by atoms with Gasteiger partial charge in [-0.2, -0.15) is 0 Å². The zero-order valence-corrected chi connectivity index (χ0v) is 13.0. The Morgan fingerprint density at radius 1 is 1.42 bits per heavy atom. The standard InChI is InChI=1S/C14H16BrClFNO/c1-18(13-5-3-2-4-12(13)16)14(19)10-8-9(17)6-7-11(10)15/h6-8,12-13H,2-5H2,1H3. The molecule has 1 aliphatic carbocycles. The van der Waals surface area contributed by atoms with Crippen LogP contribution in [0.15, 0.2) is 22.7 Å². The molecule has 0 saturated heterocycles. The molecule has 0 spiro atoms. The molecule has 2 unspecified atom stereocenters. The molecule has 1 aliphatic rings. The highest BCUT2D eigenvalue weighted by Gasteiger charge is 2.30. The van der Waals surface area contributed by atoms with E-state index in [1.54, 1.807) is 18.0 Å². The van der Waals surface area contributed by atoms with Gasteiger partial charge in [-0.15, -0.1) is 11.6 Å². The molecule has 0 bridgehead atoms. The maximum absolute atomic E-state index is 13.3. The Labute approximate surface area is 126 Å². The van der Waals surface area contributed by atoms with Gasteiger partial charge < -0.3 is 4.90 Å². The SMILES string of the molecule is CN(C(=O)c1cc(F)ccc1Br)C1CCCCC1Cl. The van der Waals surface area contributed by atoms with Crippen LogP contribution in [-0.4, -0.2) is 29.3 Å². The zero-order chi connectivity index (χ0) is 14.0.